The summed E-state index contributed by atoms with van der Waals surface area (Å²) in [6.45, 7) is 1.96. The van der Waals surface area contributed by atoms with Gasteiger partial charge in [0.1, 0.15) is 11.6 Å². The number of carbonyl (C=O) groups is 1. The Morgan fingerprint density at radius 1 is 1.09 bits per heavy atom. The highest BCUT2D eigenvalue weighted by Crippen LogP contribution is 2.33. The number of methoxy groups -OCH3 is 1. The number of aromatic nitrogens is 2. The summed E-state index contributed by atoms with van der Waals surface area (Å²) in [5, 5.41) is 3.07. The molecule has 1 saturated heterocycles. The molecule has 6 nitrogen and oxygen atoms in total. The molecule has 2 aromatic carbocycles. The Hall–Kier alpha value is -3.80. The zero-order valence-corrected chi connectivity index (χ0v) is 18.8. The number of urea groups is 1. The van der Waals surface area contributed by atoms with Crippen LogP contribution in [0.4, 0.5) is 4.79 Å². The van der Waals surface area contributed by atoms with E-state index in [1.165, 1.54) is 0 Å². The molecule has 168 valence electrons. The summed E-state index contributed by atoms with van der Waals surface area (Å²) in [6.07, 6.45) is 4.03. The number of nitrogens with one attached hydrogen (secondary N) is 1. The Bertz CT molecular complexity index is 1250. The third-order valence-electron chi connectivity index (χ3n) is 6.28. The minimum absolute atomic E-state index is 0.0163. The summed E-state index contributed by atoms with van der Waals surface area (Å²) in [6, 6.07) is 24.2. The predicted octanol–water partition coefficient (Wildman–Crippen LogP) is 5.10. The van der Waals surface area contributed by atoms with E-state index in [0.717, 1.165) is 53.3 Å². The largest absolute Gasteiger partial charge is 0.497 e. The summed E-state index contributed by atoms with van der Waals surface area (Å²) in [4.78, 5) is 19.9. The van der Waals surface area contributed by atoms with Crippen molar-refractivity contribution >= 4 is 11.5 Å². The molecule has 0 bridgehead atoms. The quantitative estimate of drug-likeness (QED) is 0.470. The van der Waals surface area contributed by atoms with Gasteiger partial charge in [0, 0.05) is 37.3 Å². The molecule has 0 saturated carbocycles. The molecule has 33 heavy (non-hydrogen) atoms. The average Bonchev–Trinajstić information content (AvgIpc) is 3.28. The summed E-state index contributed by atoms with van der Waals surface area (Å²) in [5.41, 5.74) is 4.13. The summed E-state index contributed by atoms with van der Waals surface area (Å²) < 4.78 is 7.59. The van der Waals surface area contributed by atoms with E-state index in [9.17, 15) is 4.79 Å². The number of amides is 2. The second-order valence-corrected chi connectivity index (χ2v) is 8.44. The lowest BCUT2D eigenvalue weighted by molar-refractivity contribution is 0.178. The normalized spacial score (nSPS) is 16.0. The number of ether oxygens (including phenoxy) is 1. The first kappa shape index (κ1) is 21.1. The van der Waals surface area contributed by atoms with Crippen LogP contribution in [0.2, 0.25) is 0 Å². The standard InChI is InChI=1S/C27H28N4O2/c1-33-23-13-7-11-21(17-23)25-24-14-5-6-16-31(24)26(29-25)22-12-8-15-30(19-22)27(32)28-18-20-9-3-2-4-10-20/h2-7,9-11,13-14,16-17,22H,8,12,15,18-19H2,1H3,(H,28,32). The molecule has 4 aromatic rings. The fourth-order valence-corrected chi connectivity index (χ4v) is 4.59. The van der Waals surface area contributed by atoms with Crippen molar-refractivity contribution in [1.29, 1.82) is 0 Å². The van der Waals surface area contributed by atoms with Crippen LogP contribution in [0.1, 0.15) is 30.1 Å². The molecule has 1 unspecified atom stereocenters. The van der Waals surface area contributed by atoms with E-state index in [4.69, 9.17) is 9.72 Å². The van der Waals surface area contributed by atoms with E-state index in [1.807, 2.05) is 65.6 Å². The molecule has 3 heterocycles. The number of carbonyl (C=O) groups excluding carboxylic acids is 1. The van der Waals surface area contributed by atoms with Crippen LogP contribution in [0.15, 0.2) is 79.0 Å². The van der Waals surface area contributed by atoms with Crippen LogP contribution in [-0.2, 0) is 6.54 Å². The number of hydrogen-bond donors (Lipinski definition) is 1. The smallest absolute Gasteiger partial charge is 0.317 e. The third kappa shape index (κ3) is 4.42. The van der Waals surface area contributed by atoms with Crippen LogP contribution >= 0.6 is 0 Å². The molecule has 0 spiro atoms. The molecular weight excluding hydrogens is 412 g/mol. The van der Waals surface area contributed by atoms with Crippen molar-refractivity contribution in [1.82, 2.24) is 19.6 Å². The van der Waals surface area contributed by atoms with E-state index >= 15 is 0 Å². The first-order valence-corrected chi connectivity index (χ1v) is 11.4. The summed E-state index contributed by atoms with van der Waals surface area (Å²) in [5.74, 6) is 1.99. The Labute approximate surface area is 193 Å². The number of hydrogen-bond acceptors (Lipinski definition) is 3. The van der Waals surface area contributed by atoms with Crippen molar-refractivity contribution in [3.05, 3.63) is 90.4 Å². The first-order chi connectivity index (χ1) is 16.2. The summed E-state index contributed by atoms with van der Waals surface area (Å²) in [7, 11) is 1.68. The maximum atomic E-state index is 12.9. The number of pyridine rings is 1. The van der Waals surface area contributed by atoms with Gasteiger partial charge in [0.25, 0.3) is 0 Å². The van der Waals surface area contributed by atoms with Gasteiger partial charge in [-0.05, 0) is 42.7 Å². The second kappa shape index (κ2) is 9.36. The minimum Gasteiger partial charge on any atom is -0.497 e. The SMILES string of the molecule is COc1cccc(-c2nc(C3CCCN(C(=O)NCc4ccccc4)C3)n3ccccc23)c1. The number of piperidine rings is 1. The zero-order chi connectivity index (χ0) is 22.6. The molecule has 1 aliphatic rings. The Kier molecular flexibility index (Phi) is 5.98. The van der Waals surface area contributed by atoms with Crippen molar-refractivity contribution < 1.29 is 9.53 Å². The van der Waals surface area contributed by atoms with Crippen LogP contribution in [0.5, 0.6) is 5.75 Å². The topological polar surface area (TPSA) is 58.9 Å². The lowest BCUT2D eigenvalue weighted by Gasteiger charge is -2.32. The second-order valence-electron chi connectivity index (χ2n) is 8.44. The van der Waals surface area contributed by atoms with Crippen molar-refractivity contribution in [2.45, 2.75) is 25.3 Å². The number of imidazole rings is 1. The Morgan fingerprint density at radius 3 is 2.79 bits per heavy atom. The Morgan fingerprint density at radius 2 is 1.94 bits per heavy atom. The van der Waals surface area contributed by atoms with E-state index in [2.05, 4.69) is 28.0 Å². The van der Waals surface area contributed by atoms with Crippen LogP contribution in [0.3, 0.4) is 0 Å². The molecule has 6 heteroatoms. The highest BCUT2D eigenvalue weighted by molar-refractivity contribution is 5.78. The predicted molar refractivity (Wildman–Crippen MR) is 129 cm³/mol. The van der Waals surface area contributed by atoms with Crippen LogP contribution in [-0.4, -0.2) is 40.5 Å². The third-order valence-corrected chi connectivity index (χ3v) is 6.28. The fourth-order valence-electron chi connectivity index (χ4n) is 4.59. The number of benzene rings is 2. The minimum atomic E-state index is -0.0163. The van der Waals surface area contributed by atoms with E-state index in [1.54, 1.807) is 7.11 Å². The number of likely N-dealkylation sites (tertiary alicyclic amines) is 1. The Balaban J connectivity index is 1.39. The van der Waals surface area contributed by atoms with Gasteiger partial charge in [-0.15, -0.1) is 0 Å². The van der Waals surface area contributed by atoms with E-state index in [0.29, 0.717) is 13.1 Å². The first-order valence-electron chi connectivity index (χ1n) is 11.4. The highest BCUT2D eigenvalue weighted by atomic mass is 16.5. The van der Waals surface area contributed by atoms with E-state index in [-0.39, 0.29) is 11.9 Å². The van der Waals surface area contributed by atoms with Gasteiger partial charge in [0.15, 0.2) is 0 Å². The number of nitrogens with zero attached hydrogens (tertiary/aromatic N) is 3. The zero-order valence-electron chi connectivity index (χ0n) is 18.8. The number of rotatable bonds is 5. The molecule has 1 aliphatic heterocycles. The van der Waals surface area contributed by atoms with Gasteiger partial charge in [-0.25, -0.2) is 9.78 Å². The molecule has 2 aromatic heterocycles. The van der Waals surface area contributed by atoms with Gasteiger partial charge in [0.2, 0.25) is 0 Å². The molecule has 0 radical (unpaired) electrons. The van der Waals surface area contributed by atoms with Crippen LogP contribution < -0.4 is 10.1 Å². The van der Waals surface area contributed by atoms with Crippen LogP contribution in [0, 0.1) is 0 Å². The maximum Gasteiger partial charge on any atom is 0.317 e. The van der Waals surface area contributed by atoms with E-state index < -0.39 is 0 Å². The van der Waals surface area contributed by atoms with Crippen molar-refractivity contribution in [2.75, 3.05) is 20.2 Å². The average molecular weight is 441 g/mol. The molecule has 2 amide bonds. The van der Waals surface area contributed by atoms with Gasteiger partial charge in [0.05, 0.1) is 18.3 Å². The van der Waals surface area contributed by atoms with Gasteiger partial charge in [-0.3, -0.25) is 0 Å². The molecule has 0 aliphatic carbocycles. The van der Waals surface area contributed by atoms with Gasteiger partial charge >= 0.3 is 6.03 Å². The summed E-state index contributed by atoms with van der Waals surface area (Å²) >= 11 is 0. The highest BCUT2D eigenvalue weighted by Gasteiger charge is 2.28. The van der Waals surface area contributed by atoms with Gasteiger partial charge < -0.3 is 19.4 Å². The van der Waals surface area contributed by atoms with Crippen molar-refractivity contribution in [3.63, 3.8) is 0 Å². The monoisotopic (exact) mass is 440 g/mol. The molecule has 1 atom stereocenters. The lowest BCUT2D eigenvalue weighted by Crippen LogP contribution is -2.45. The molecular formula is C27H28N4O2. The van der Waals surface area contributed by atoms with Gasteiger partial charge in [-0.2, -0.15) is 0 Å². The van der Waals surface area contributed by atoms with Gasteiger partial charge in [-0.1, -0.05) is 48.5 Å². The van der Waals surface area contributed by atoms with Crippen molar-refractivity contribution in [2.24, 2.45) is 0 Å². The maximum absolute atomic E-state index is 12.9. The van der Waals surface area contributed by atoms with Crippen LogP contribution in [0.25, 0.3) is 16.8 Å². The molecule has 1 N–H and O–H groups in total. The lowest BCUT2D eigenvalue weighted by atomic mass is 9.97. The molecule has 5 rings (SSSR count). The van der Waals surface area contributed by atoms with Crippen molar-refractivity contribution in [3.8, 4) is 17.0 Å². The number of fused-ring (bicyclic) bond motifs is 1. The fraction of sp³-hybridized carbons (Fsp3) is 0.259. The molecule has 1 fully saturated rings.